The predicted octanol–water partition coefficient (Wildman–Crippen LogP) is -1.19. The molecule has 0 bridgehead atoms. The minimum absolute atomic E-state index is 0.209. The normalized spacial score (nSPS) is 21.1. The van der Waals surface area contributed by atoms with Gasteiger partial charge in [0.25, 0.3) is 5.91 Å². The number of carbonyl (C=O) groups is 3. The summed E-state index contributed by atoms with van der Waals surface area (Å²) in [6, 6.07) is -0.887. The van der Waals surface area contributed by atoms with Crippen molar-refractivity contribution in [2.24, 2.45) is 5.73 Å². The van der Waals surface area contributed by atoms with Gasteiger partial charge in [-0.2, -0.15) is 0 Å². The smallest absolute Gasteiger partial charge is 0.323 e. The molecule has 7 heteroatoms. The highest BCUT2D eigenvalue weighted by atomic mass is 16.5. The van der Waals surface area contributed by atoms with E-state index in [1.807, 2.05) is 0 Å². The second kappa shape index (κ2) is 4.05. The van der Waals surface area contributed by atoms with Crippen LogP contribution in [-0.2, 0) is 19.1 Å². The maximum absolute atomic E-state index is 11.3. The number of nitrogens with zero attached hydrogens (tertiary/aromatic N) is 1. The molecule has 0 aromatic heterocycles. The maximum atomic E-state index is 11.3. The number of amides is 3. The number of carbonyl (C=O) groups excluding carboxylic acids is 3. The fourth-order valence-electron chi connectivity index (χ4n) is 1.03. The monoisotopic (exact) mass is 202 g/mol. The molecule has 1 aliphatic heterocycles. The summed E-state index contributed by atoms with van der Waals surface area (Å²) in [6.07, 6.45) is -1.17. The lowest BCUT2D eigenvalue weighted by Crippen LogP contribution is -2.39. The van der Waals surface area contributed by atoms with Crippen LogP contribution in [0.3, 0.4) is 0 Å². The Balaban J connectivity index is 2.56. The number of hydrogen-bond donors (Lipinski definition) is 1. The number of ether oxygens (including phenoxy) is 2. The van der Waals surface area contributed by atoms with Gasteiger partial charge >= 0.3 is 12.0 Å². The number of hydrogen-bond acceptors (Lipinski definition) is 5. The highest BCUT2D eigenvalue weighted by Crippen LogP contribution is 2.13. The van der Waals surface area contributed by atoms with Crippen molar-refractivity contribution in [1.29, 1.82) is 0 Å². The van der Waals surface area contributed by atoms with E-state index in [2.05, 4.69) is 4.74 Å². The van der Waals surface area contributed by atoms with E-state index >= 15 is 0 Å². The third-order valence-corrected chi connectivity index (χ3v) is 1.79. The Hall–Kier alpha value is -1.63. The molecule has 1 rings (SSSR count). The molecule has 0 saturated carbocycles. The molecule has 0 radical (unpaired) electrons. The first-order valence-corrected chi connectivity index (χ1v) is 3.85. The van der Waals surface area contributed by atoms with Gasteiger partial charge in [-0.25, -0.2) is 9.69 Å². The molecule has 1 atom stereocenters. The zero-order chi connectivity index (χ0) is 10.7. The number of rotatable bonds is 2. The second-order valence-corrected chi connectivity index (χ2v) is 2.67. The van der Waals surface area contributed by atoms with Crippen molar-refractivity contribution in [2.75, 3.05) is 13.8 Å². The molecule has 0 aromatic carbocycles. The zero-order valence-electron chi connectivity index (χ0n) is 7.56. The molecule has 0 aliphatic carbocycles. The van der Waals surface area contributed by atoms with Crippen LogP contribution in [0, 0.1) is 0 Å². The average Bonchev–Trinajstić information content (AvgIpc) is 2.48. The molecule has 1 saturated heterocycles. The third-order valence-electron chi connectivity index (χ3n) is 1.79. The second-order valence-electron chi connectivity index (χ2n) is 2.67. The van der Waals surface area contributed by atoms with Gasteiger partial charge in [0, 0.05) is 0 Å². The molecule has 1 heterocycles. The quantitative estimate of drug-likeness (QED) is 0.568. The molecule has 1 fully saturated rings. The van der Waals surface area contributed by atoms with Gasteiger partial charge in [0.2, 0.25) is 0 Å². The number of urea groups is 1. The van der Waals surface area contributed by atoms with Crippen molar-refractivity contribution in [3.63, 3.8) is 0 Å². The number of imide groups is 1. The van der Waals surface area contributed by atoms with Crippen molar-refractivity contribution in [3.05, 3.63) is 0 Å². The molecule has 2 N–H and O–H groups in total. The molecule has 3 amide bonds. The van der Waals surface area contributed by atoms with Crippen LogP contribution in [0.2, 0.25) is 0 Å². The van der Waals surface area contributed by atoms with Crippen molar-refractivity contribution in [2.45, 2.75) is 12.5 Å². The molecule has 0 aromatic rings. The number of methoxy groups -OCH3 is 1. The summed E-state index contributed by atoms with van der Waals surface area (Å²) in [7, 11) is 1.20. The number of esters is 1. The van der Waals surface area contributed by atoms with Gasteiger partial charge in [-0.1, -0.05) is 0 Å². The van der Waals surface area contributed by atoms with Gasteiger partial charge in [-0.3, -0.25) is 9.59 Å². The minimum atomic E-state index is -0.963. The standard InChI is InChI=1S/C7H10N2O5/c1-13-5(10)2-4-6(11)9(3-14-4)7(8)12/h4H,2-3H2,1H3,(H2,8,12). The Labute approximate surface area is 79.7 Å². The van der Waals surface area contributed by atoms with Crippen LogP contribution >= 0.6 is 0 Å². The molecular formula is C7H10N2O5. The highest BCUT2D eigenvalue weighted by Gasteiger charge is 2.37. The van der Waals surface area contributed by atoms with E-state index in [1.165, 1.54) is 7.11 Å². The minimum Gasteiger partial charge on any atom is -0.469 e. The van der Waals surface area contributed by atoms with Gasteiger partial charge in [-0.05, 0) is 0 Å². The Morgan fingerprint density at radius 2 is 2.36 bits per heavy atom. The van der Waals surface area contributed by atoms with Gasteiger partial charge in [0.15, 0.2) is 0 Å². The summed E-state index contributed by atoms with van der Waals surface area (Å²) in [5.74, 6) is -1.18. The number of primary amides is 1. The Morgan fingerprint density at radius 1 is 1.71 bits per heavy atom. The van der Waals surface area contributed by atoms with Gasteiger partial charge in [-0.15, -0.1) is 0 Å². The summed E-state index contributed by atoms with van der Waals surface area (Å²) in [5.41, 5.74) is 4.88. The van der Waals surface area contributed by atoms with Crippen LogP contribution in [0.25, 0.3) is 0 Å². The topological polar surface area (TPSA) is 98.9 Å². The number of nitrogens with two attached hydrogens (primary N) is 1. The van der Waals surface area contributed by atoms with E-state index in [9.17, 15) is 14.4 Å². The average molecular weight is 202 g/mol. The lowest BCUT2D eigenvalue weighted by Gasteiger charge is -2.07. The van der Waals surface area contributed by atoms with E-state index in [-0.39, 0.29) is 13.2 Å². The van der Waals surface area contributed by atoms with Crippen LogP contribution in [0.5, 0.6) is 0 Å². The molecule has 14 heavy (non-hydrogen) atoms. The highest BCUT2D eigenvalue weighted by molar-refractivity contribution is 5.98. The lowest BCUT2D eigenvalue weighted by molar-refractivity contribution is -0.145. The van der Waals surface area contributed by atoms with E-state index in [0.29, 0.717) is 0 Å². The molecule has 1 aliphatic rings. The fourth-order valence-corrected chi connectivity index (χ4v) is 1.03. The van der Waals surface area contributed by atoms with E-state index in [4.69, 9.17) is 10.5 Å². The largest absolute Gasteiger partial charge is 0.469 e. The van der Waals surface area contributed by atoms with E-state index in [0.717, 1.165) is 4.90 Å². The van der Waals surface area contributed by atoms with Crippen LogP contribution in [0.15, 0.2) is 0 Å². The van der Waals surface area contributed by atoms with Crippen LogP contribution < -0.4 is 5.73 Å². The van der Waals surface area contributed by atoms with Crippen molar-refractivity contribution >= 4 is 17.9 Å². The molecule has 7 nitrogen and oxygen atoms in total. The van der Waals surface area contributed by atoms with E-state index < -0.39 is 24.0 Å². The Bertz CT molecular complexity index is 277. The summed E-state index contributed by atoms with van der Waals surface area (Å²) in [6.45, 7) is -0.212. The van der Waals surface area contributed by atoms with Crippen molar-refractivity contribution in [3.8, 4) is 0 Å². The maximum Gasteiger partial charge on any atom is 0.323 e. The van der Waals surface area contributed by atoms with E-state index in [1.54, 1.807) is 0 Å². The molecule has 0 spiro atoms. The van der Waals surface area contributed by atoms with Crippen LogP contribution in [0.1, 0.15) is 6.42 Å². The zero-order valence-corrected chi connectivity index (χ0v) is 7.56. The van der Waals surface area contributed by atoms with Crippen LogP contribution in [0.4, 0.5) is 4.79 Å². The molecular weight excluding hydrogens is 192 g/mol. The SMILES string of the molecule is COC(=O)CC1OCN(C(N)=O)C1=O. The predicted molar refractivity (Wildman–Crippen MR) is 42.8 cm³/mol. The van der Waals surface area contributed by atoms with Gasteiger partial charge < -0.3 is 15.2 Å². The fraction of sp³-hybridized carbons (Fsp3) is 0.571. The summed E-state index contributed by atoms with van der Waals surface area (Å²) in [4.78, 5) is 33.5. The van der Waals surface area contributed by atoms with Crippen molar-refractivity contribution in [1.82, 2.24) is 4.90 Å². The molecule has 78 valence electrons. The molecule has 1 unspecified atom stereocenters. The summed E-state index contributed by atoms with van der Waals surface area (Å²) in [5, 5.41) is 0. The lowest BCUT2D eigenvalue weighted by atomic mass is 10.2. The Kier molecular flexibility index (Phi) is 3.03. The van der Waals surface area contributed by atoms with Crippen molar-refractivity contribution < 1.29 is 23.9 Å². The first kappa shape index (κ1) is 10.5. The third kappa shape index (κ3) is 1.99. The summed E-state index contributed by atoms with van der Waals surface area (Å²) < 4.78 is 9.24. The van der Waals surface area contributed by atoms with Gasteiger partial charge in [0.1, 0.15) is 12.8 Å². The first-order chi connectivity index (χ1) is 6.56. The summed E-state index contributed by atoms with van der Waals surface area (Å²) >= 11 is 0. The Morgan fingerprint density at radius 3 is 2.79 bits per heavy atom. The van der Waals surface area contributed by atoms with Crippen LogP contribution in [-0.4, -0.2) is 42.8 Å². The van der Waals surface area contributed by atoms with Gasteiger partial charge in [0.05, 0.1) is 13.5 Å². The first-order valence-electron chi connectivity index (χ1n) is 3.85.